The molecule has 1 aromatic rings. The Morgan fingerprint density at radius 2 is 2.14 bits per heavy atom. The van der Waals surface area contributed by atoms with E-state index in [1.54, 1.807) is 7.11 Å². The largest absolute Gasteiger partial charge is 0.496 e. The maximum atomic E-state index is 5.46. The van der Waals surface area contributed by atoms with Crippen molar-refractivity contribution < 1.29 is 4.74 Å². The molecule has 1 N–H and O–H groups in total. The maximum absolute atomic E-state index is 5.46. The molecule has 0 aliphatic carbocycles. The fourth-order valence-corrected chi connectivity index (χ4v) is 3.10. The van der Waals surface area contributed by atoms with Crippen LogP contribution in [-0.2, 0) is 6.42 Å². The van der Waals surface area contributed by atoms with Crippen molar-refractivity contribution in [1.29, 1.82) is 0 Å². The highest BCUT2D eigenvalue weighted by Gasteiger charge is 2.27. The summed E-state index contributed by atoms with van der Waals surface area (Å²) in [6, 6.07) is 9.61. The number of para-hydroxylation sites is 1. The van der Waals surface area contributed by atoms with Crippen LogP contribution in [0.2, 0.25) is 0 Å². The molecule has 1 fully saturated rings. The predicted octanol–water partition coefficient (Wildman–Crippen LogP) is 2.95. The van der Waals surface area contributed by atoms with Gasteiger partial charge in [0.1, 0.15) is 5.75 Å². The molecular formula is C18H30N2O. The SMILES string of the molecule is CCC(C)C1CN(CCc2ccccc2OC)C(C)CN1. The summed E-state index contributed by atoms with van der Waals surface area (Å²) in [5.74, 6) is 1.75. The van der Waals surface area contributed by atoms with Gasteiger partial charge in [-0.25, -0.2) is 0 Å². The Balaban J connectivity index is 1.94. The van der Waals surface area contributed by atoms with Crippen LogP contribution < -0.4 is 10.1 Å². The molecule has 3 nitrogen and oxygen atoms in total. The monoisotopic (exact) mass is 290 g/mol. The van der Waals surface area contributed by atoms with E-state index in [9.17, 15) is 0 Å². The zero-order valence-electron chi connectivity index (χ0n) is 13.9. The zero-order valence-corrected chi connectivity index (χ0v) is 13.9. The molecule has 1 heterocycles. The molecule has 0 aromatic heterocycles. The summed E-state index contributed by atoms with van der Waals surface area (Å²) in [5, 5.41) is 3.70. The van der Waals surface area contributed by atoms with E-state index in [-0.39, 0.29) is 0 Å². The molecule has 118 valence electrons. The third kappa shape index (κ3) is 4.21. The van der Waals surface area contributed by atoms with Crippen LogP contribution in [0.3, 0.4) is 0 Å². The Bertz CT molecular complexity index is 435. The summed E-state index contributed by atoms with van der Waals surface area (Å²) in [6.45, 7) is 10.3. The number of piperazine rings is 1. The normalized spacial score (nSPS) is 24.8. The number of benzene rings is 1. The van der Waals surface area contributed by atoms with E-state index in [1.807, 2.05) is 6.07 Å². The number of nitrogens with one attached hydrogen (secondary N) is 1. The lowest BCUT2D eigenvalue weighted by Gasteiger charge is -2.41. The second kappa shape index (κ2) is 7.81. The third-order valence-corrected chi connectivity index (χ3v) is 4.92. The van der Waals surface area contributed by atoms with Crippen LogP contribution in [0.1, 0.15) is 32.8 Å². The molecule has 1 aliphatic rings. The van der Waals surface area contributed by atoms with Crippen LogP contribution in [-0.4, -0.2) is 43.7 Å². The molecule has 3 unspecified atom stereocenters. The van der Waals surface area contributed by atoms with E-state index < -0.39 is 0 Å². The van der Waals surface area contributed by atoms with Crippen LogP contribution in [0, 0.1) is 5.92 Å². The van der Waals surface area contributed by atoms with Gasteiger partial charge in [0.15, 0.2) is 0 Å². The minimum absolute atomic E-state index is 0.611. The van der Waals surface area contributed by atoms with Gasteiger partial charge in [-0.1, -0.05) is 38.5 Å². The standard InChI is InChI=1S/C18H30N2O/c1-5-14(2)17-13-20(15(3)12-19-17)11-10-16-8-6-7-9-18(16)21-4/h6-9,14-15,17,19H,5,10-13H2,1-4H3. The molecule has 1 aliphatic heterocycles. The Kier molecular flexibility index (Phi) is 6.07. The number of nitrogens with zero attached hydrogens (tertiary/aromatic N) is 1. The molecular weight excluding hydrogens is 260 g/mol. The van der Waals surface area contributed by atoms with Crippen molar-refractivity contribution in [3.05, 3.63) is 29.8 Å². The van der Waals surface area contributed by atoms with Gasteiger partial charge in [0, 0.05) is 31.7 Å². The van der Waals surface area contributed by atoms with Crippen molar-refractivity contribution >= 4 is 0 Å². The Labute approximate surface area is 129 Å². The Morgan fingerprint density at radius 3 is 2.86 bits per heavy atom. The number of ether oxygens (including phenoxy) is 1. The topological polar surface area (TPSA) is 24.5 Å². The van der Waals surface area contributed by atoms with Crippen molar-refractivity contribution in [1.82, 2.24) is 10.2 Å². The van der Waals surface area contributed by atoms with Gasteiger partial charge < -0.3 is 10.1 Å². The zero-order chi connectivity index (χ0) is 15.2. The van der Waals surface area contributed by atoms with Crippen molar-refractivity contribution in [2.45, 2.75) is 45.7 Å². The summed E-state index contributed by atoms with van der Waals surface area (Å²) < 4.78 is 5.46. The van der Waals surface area contributed by atoms with Gasteiger partial charge in [-0.15, -0.1) is 0 Å². The average Bonchev–Trinajstić information content (AvgIpc) is 2.53. The molecule has 21 heavy (non-hydrogen) atoms. The molecule has 1 saturated heterocycles. The fourth-order valence-electron chi connectivity index (χ4n) is 3.10. The van der Waals surface area contributed by atoms with Crippen molar-refractivity contribution in [3.8, 4) is 5.75 Å². The van der Waals surface area contributed by atoms with E-state index in [4.69, 9.17) is 4.74 Å². The van der Waals surface area contributed by atoms with Crippen molar-refractivity contribution in [2.75, 3.05) is 26.7 Å². The molecule has 3 heteroatoms. The molecule has 0 saturated carbocycles. The van der Waals surface area contributed by atoms with E-state index in [1.165, 1.54) is 12.0 Å². The Morgan fingerprint density at radius 1 is 1.38 bits per heavy atom. The van der Waals surface area contributed by atoms with Crippen LogP contribution in [0.5, 0.6) is 5.75 Å². The van der Waals surface area contributed by atoms with E-state index in [0.29, 0.717) is 12.1 Å². The highest BCUT2D eigenvalue weighted by molar-refractivity contribution is 5.33. The first-order valence-electron chi connectivity index (χ1n) is 8.25. The van der Waals surface area contributed by atoms with E-state index >= 15 is 0 Å². The molecule has 0 bridgehead atoms. The fraction of sp³-hybridized carbons (Fsp3) is 0.667. The molecule has 2 rings (SSSR count). The van der Waals surface area contributed by atoms with Crippen LogP contribution in [0.25, 0.3) is 0 Å². The molecule has 0 spiro atoms. The maximum Gasteiger partial charge on any atom is 0.122 e. The number of hydrogen-bond acceptors (Lipinski definition) is 3. The molecule has 0 amide bonds. The average molecular weight is 290 g/mol. The first kappa shape index (κ1) is 16.3. The Hall–Kier alpha value is -1.06. The predicted molar refractivity (Wildman–Crippen MR) is 89.0 cm³/mol. The summed E-state index contributed by atoms with van der Waals surface area (Å²) in [6.07, 6.45) is 2.30. The summed E-state index contributed by atoms with van der Waals surface area (Å²) in [7, 11) is 1.76. The van der Waals surface area contributed by atoms with Crippen LogP contribution in [0.15, 0.2) is 24.3 Å². The quantitative estimate of drug-likeness (QED) is 0.872. The summed E-state index contributed by atoms with van der Waals surface area (Å²) in [5.41, 5.74) is 1.31. The minimum Gasteiger partial charge on any atom is -0.496 e. The third-order valence-electron chi connectivity index (χ3n) is 4.92. The lowest BCUT2D eigenvalue weighted by atomic mass is 9.95. The first-order chi connectivity index (χ1) is 10.2. The minimum atomic E-state index is 0.611. The van der Waals surface area contributed by atoms with Crippen molar-refractivity contribution in [3.63, 3.8) is 0 Å². The summed E-state index contributed by atoms with van der Waals surface area (Å²) >= 11 is 0. The number of rotatable bonds is 6. The lowest BCUT2D eigenvalue weighted by molar-refractivity contribution is 0.120. The lowest BCUT2D eigenvalue weighted by Crippen LogP contribution is -2.57. The second-order valence-electron chi connectivity index (χ2n) is 6.31. The van der Waals surface area contributed by atoms with Crippen LogP contribution >= 0.6 is 0 Å². The molecule has 3 atom stereocenters. The molecule has 0 radical (unpaired) electrons. The van der Waals surface area contributed by atoms with Crippen molar-refractivity contribution in [2.24, 2.45) is 5.92 Å². The highest BCUT2D eigenvalue weighted by atomic mass is 16.5. The first-order valence-corrected chi connectivity index (χ1v) is 8.25. The van der Waals surface area contributed by atoms with Gasteiger partial charge in [-0.3, -0.25) is 4.90 Å². The van der Waals surface area contributed by atoms with Gasteiger partial charge in [0.2, 0.25) is 0 Å². The van der Waals surface area contributed by atoms with Crippen LogP contribution in [0.4, 0.5) is 0 Å². The summed E-state index contributed by atoms with van der Waals surface area (Å²) in [4.78, 5) is 2.62. The highest BCUT2D eigenvalue weighted by Crippen LogP contribution is 2.20. The number of methoxy groups -OCH3 is 1. The second-order valence-corrected chi connectivity index (χ2v) is 6.31. The van der Waals surface area contributed by atoms with Gasteiger partial charge >= 0.3 is 0 Å². The van der Waals surface area contributed by atoms with Gasteiger partial charge in [0.05, 0.1) is 7.11 Å². The van der Waals surface area contributed by atoms with Gasteiger partial charge in [-0.2, -0.15) is 0 Å². The smallest absolute Gasteiger partial charge is 0.122 e. The van der Waals surface area contributed by atoms with Gasteiger partial charge in [0.25, 0.3) is 0 Å². The van der Waals surface area contributed by atoms with Gasteiger partial charge in [-0.05, 0) is 30.9 Å². The number of hydrogen-bond donors (Lipinski definition) is 1. The molecule has 1 aromatic carbocycles. The van der Waals surface area contributed by atoms with E-state index in [0.717, 1.165) is 37.7 Å². The van der Waals surface area contributed by atoms with E-state index in [2.05, 4.69) is 49.2 Å².